The van der Waals surface area contributed by atoms with Gasteiger partial charge < -0.3 is 15.1 Å². The lowest BCUT2D eigenvalue weighted by Gasteiger charge is -2.04. The number of thiophene rings is 1. The minimum atomic E-state index is -0.338. The van der Waals surface area contributed by atoms with E-state index >= 15 is 0 Å². The van der Waals surface area contributed by atoms with Gasteiger partial charge in [-0.1, -0.05) is 15.9 Å². The number of rotatable bonds is 7. The molecule has 2 heterocycles. The smallest absolute Gasteiger partial charge is 0.291 e. The molecular weight excluding hydrogens is 436 g/mol. The minimum Gasteiger partial charge on any atom is -0.459 e. The second kappa shape index (κ2) is 9.07. The average molecular weight is 451 g/mol. The highest BCUT2D eigenvalue weighted by molar-refractivity contribution is 9.10. The molecule has 0 aliphatic carbocycles. The molecule has 2 amide bonds. The van der Waals surface area contributed by atoms with Crippen LogP contribution in [0, 0.1) is 0 Å². The van der Waals surface area contributed by atoms with Crippen molar-refractivity contribution in [1.29, 1.82) is 0 Å². The van der Waals surface area contributed by atoms with Crippen LogP contribution in [0.5, 0.6) is 0 Å². The molecule has 3 aromatic rings. The molecule has 1 aromatic carbocycles. The summed E-state index contributed by atoms with van der Waals surface area (Å²) in [5.74, 6) is 0.523. The molecule has 0 radical (unpaired) electrons. The van der Waals surface area contributed by atoms with Crippen LogP contribution in [0.2, 0.25) is 0 Å². The van der Waals surface area contributed by atoms with E-state index in [9.17, 15) is 9.59 Å². The van der Waals surface area contributed by atoms with E-state index in [2.05, 4.69) is 26.6 Å². The highest BCUT2D eigenvalue weighted by Crippen LogP contribution is 2.23. The molecule has 0 saturated carbocycles. The summed E-state index contributed by atoms with van der Waals surface area (Å²) in [5, 5.41) is 6.19. The molecular formula is C18H15BrN2O3S2. The first kappa shape index (κ1) is 18.8. The van der Waals surface area contributed by atoms with Gasteiger partial charge in [0.25, 0.3) is 11.8 Å². The van der Waals surface area contributed by atoms with Crippen molar-refractivity contribution in [3.8, 4) is 0 Å². The first-order valence-corrected chi connectivity index (χ1v) is 10.3. The molecule has 0 bridgehead atoms. The largest absolute Gasteiger partial charge is 0.459 e. The van der Waals surface area contributed by atoms with E-state index in [1.807, 2.05) is 24.3 Å². The van der Waals surface area contributed by atoms with Gasteiger partial charge in [-0.25, -0.2) is 0 Å². The SMILES string of the molecule is O=C(Nc1ccc(C(=O)NCCSc2ccc(Br)cc2)s1)c1ccco1. The Hall–Kier alpha value is -2.03. The van der Waals surface area contributed by atoms with E-state index in [1.165, 1.54) is 17.6 Å². The molecule has 0 atom stereocenters. The Morgan fingerprint density at radius 2 is 1.88 bits per heavy atom. The summed E-state index contributed by atoms with van der Waals surface area (Å²) in [6.45, 7) is 0.561. The predicted molar refractivity (Wildman–Crippen MR) is 108 cm³/mol. The zero-order valence-electron chi connectivity index (χ0n) is 13.5. The summed E-state index contributed by atoms with van der Waals surface area (Å²) in [7, 11) is 0. The van der Waals surface area contributed by atoms with Gasteiger partial charge in [0.1, 0.15) is 0 Å². The molecule has 0 fully saturated rings. The number of benzene rings is 1. The molecule has 5 nitrogen and oxygen atoms in total. The molecule has 2 N–H and O–H groups in total. The lowest BCUT2D eigenvalue weighted by molar-refractivity contribution is 0.0958. The fourth-order valence-corrected chi connectivity index (χ4v) is 3.91. The van der Waals surface area contributed by atoms with Crippen LogP contribution in [0.15, 0.2) is 68.6 Å². The molecule has 3 rings (SSSR count). The molecule has 2 aromatic heterocycles. The highest BCUT2D eigenvalue weighted by Gasteiger charge is 2.13. The second-order valence-corrected chi connectivity index (χ2v) is 8.32. The number of carbonyl (C=O) groups excluding carboxylic acids is 2. The third kappa shape index (κ3) is 5.23. The Kier molecular flexibility index (Phi) is 6.54. The number of hydrogen-bond donors (Lipinski definition) is 2. The molecule has 0 unspecified atom stereocenters. The van der Waals surface area contributed by atoms with E-state index in [0.29, 0.717) is 16.4 Å². The monoisotopic (exact) mass is 450 g/mol. The van der Waals surface area contributed by atoms with Crippen molar-refractivity contribution in [2.45, 2.75) is 4.90 Å². The maximum absolute atomic E-state index is 12.2. The maximum atomic E-state index is 12.2. The number of amides is 2. The Bertz CT molecular complexity index is 876. The van der Waals surface area contributed by atoms with Crippen LogP contribution in [0.4, 0.5) is 5.00 Å². The van der Waals surface area contributed by atoms with Gasteiger partial charge in [-0.2, -0.15) is 0 Å². The molecule has 0 spiro atoms. The zero-order chi connectivity index (χ0) is 18.4. The van der Waals surface area contributed by atoms with Crippen LogP contribution in [-0.2, 0) is 0 Å². The summed E-state index contributed by atoms with van der Waals surface area (Å²) < 4.78 is 6.08. The van der Waals surface area contributed by atoms with Crippen LogP contribution >= 0.6 is 39.0 Å². The lowest BCUT2D eigenvalue weighted by atomic mass is 10.4. The van der Waals surface area contributed by atoms with Gasteiger partial charge in [-0.05, 0) is 48.5 Å². The van der Waals surface area contributed by atoms with Gasteiger partial charge in [0.2, 0.25) is 0 Å². The van der Waals surface area contributed by atoms with E-state index in [1.54, 1.807) is 36.0 Å². The van der Waals surface area contributed by atoms with E-state index < -0.39 is 0 Å². The summed E-state index contributed by atoms with van der Waals surface area (Å²) >= 11 is 6.31. The fourth-order valence-electron chi connectivity index (χ4n) is 2.06. The van der Waals surface area contributed by atoms with Crippen LogP contribution in [0.3, 0.4) is 0 Å². The molecule has 0 aliphatic heterocycles. The Labute approximate surface area is 167 Å². The number of halogens is 1. The van der Waals surface area contributed by atoms with Crippen molar-refractivity contribution >= 4 is 55.8 Å². The summed E-state index contributed by atoms with van der Waals surface area (Å²) in [6.07, 6.45) is 1.44. The fraction of sp³-hybridized carbons (Fsp3) is 0.111. The van der Waals surface area contributed by atoms with Crippen molar-refractivity contribution in [1.82, 2.24) is 5.32 Å². The van der Waals surface area contributed by atoms with Gasteiger partial charge in [0.15, 0.2) is 5.76 Å². The number of carbonyl (C=O) groups is 2. The lowest BCUT2D eigenvalue weighted by Crippen LogP contribution is -2.24. The predicted octanol–water partition coefficient (Wildman–Crippen LogP) is 4.88. The van der Waals surface area contributed by atoms with Crippen LogP contribution in [-0.4, -0.2) is 24.1 Å². The van der Waals surface area contributed by atoms with E-state index in [0.717, 1.165) is 15.1 Å². The van der Waals surface area contributed by atoms with Gasteiger partial charge in [-0.15, -0.1) is 23.1 Å². The first-order valence-electron chi connectivity index (χ1n) is 7.73. The van der Waals surface area contributed by atoms with Gasteiger partial charge in [0.05, 0.1) is 16.1 Å². The van der Waals surface area contributed by atoms with Crippen molar-refractivity contribution < 1.29 is 14.0 Å². The van der Waals surface area contributed by atoms with Crippen LogP contribution in [0.1, 0.15) is 20.2 Å². The summed E-state index contributed by atoms with van der Waals surface area (Å²) in [6, 6.07) is 14.7. The first-order chi connectivity index (χ1) is 12.6. The topological polar surface area (TPSA) is 71.3 Å². The number of nitrogens with one attached hydrogen (secondary N) is 2. The minimum absolute atomic E-state index is 0.148. The van der Waals surface area contributed by atoms with Crippen molar-refractivity contribution in [2.24, 2.45) is 0 Å². The standard InChI is InChI=1S/C18H15BrN2O3S2/c19-12-3-5-13(6-4-12)25-11-9-20-18(23)15-7-8-16(26-15)21-17(22)14-2-1-10-24-14/h1-8,10H,9,11H2,(H,20,23)(H,21,22). The Morgan fingerprint density at radius 3 is 2.62 bits per heavy atom. The third-order valence-electron chi connectivity index (χ3n) is 3.28. The average Bonchev–Trinajstić information content (AvgIpc) is 3.32. The van der Waals surface area contributed by atoms with Crippen molar-refractivity contribution in [3.63, 3.8) is 0 Å². The van der Waals surface area contributed by atoms with Crippen LogP contribution < -0.4 is 10.6 Å². The third-order valence-corrected chi connectivity index (χ3v) is 5.82. The molecule has 0 aliphatic rings. The molecule has 26 heavy (non-hydrogen) atoms. The molecule has 134 valence electrons. The quantitative estimate of drug-likeness (QED) is 0.397. The summed E-state index contributed by atoms with van der Waals surface area (Å²) in [5.41, 5.74) is 0. The van der Waals surface area contributed by atoms with Crippen molar-refractivity contribution in [2.75, 3.05) is 17.6 Å². The number of thioether (sulfide) groups is 1. The Balaban J connectivity index is 1.44. The van der Waals surface area contributed by atoms with Gasteiger partial charge in [0, 0.05) is 21.7 Å². The number of hydrogen-bond acceptors (Lipinski definition) is 5. The normalized spacial score (nSPS) is 10.5. The number of furan rings is 1. The highest BCUT2D eigenvalue weighted by atomic mass is 79.9. The second-order valence-electron chi connectivity index (χ2n) is 5.15. The van der Waals surface area contributed by atoms with Crippen LogP contribution in [0.25, 0.3) is 0 Å². The molecule has 8 heteroatoms. The zero-order valence-corrected chi connectivity index (χ0v) is 16.7. The van der Waals surface area contributed by atoms with Gasteiger partial charge >= 0.3 is 0 Å². The summed E-state index contributed by atoms with van der Waals surface area (Å²) in [4.78, 5) is 25.8. The van der Waals surface area contributed by atoms with Gasteiger partial charge in [-0.3, -0.25) is 9.59 Å². The van der Waals surface area contributed by atoms with Crippen molar-refractivity contribution in [3.05, 3.63) is 69.9 Å². The molecule has 0 saturated heterocycles. The Morgan fingerprint density at radius 1 is 1.08 bits per heavy atom. The maximum Gasteiger partial charge on any atom is 0.291 e. The number of anilines is 1. The van der Waals surface area contributed by atoms with E-state index in [-0.39, 0.29) is 17.6 Å². The van der Waals surface area contributed by atoms with E-state index in [4.69, 9.17) is 4.42 Å².